The summed E-state index contributed by atoms with van der Waals surface area (Å²) in [5.74, 6) is 0.525. The third-order valence-electron chi connectivity index (χ3n) is 4.72. The smallest absolute Gasteiger partial charge is 0.223 e. The van der Waals surface area contributed by atoms with Gasteiger partial charge in [-0.25, -0.2) is 0 Å². The van der Waals surface area contributed by atoms with E-state index in [0.29, 0.717) is 18.4 Å². The first-order chi connectivity index (χ1) is 8.70. The van der Waals surface area contributed by atoms with E-state index in [-0.39, 0.29) is 23.8 Å². The van der Waals surface area contributed by atoms with Gasteiger partial charge in [-0.15, -0.1) is 0 Å². The van der Waals surface area contributed by atoms with Crippen LogP contribution < -0.4 is 16.0 Å². The summed E-state index contributed by atoms with van der Waals surface area (Å²) in [4.78, 5) is 23.2. The van der Waals surface area contributed by atoms with Crippen molar-refractivity contribution in [2.75, 3.05) is 19.6 Å². The molecule has 1 aliphatic carbocycles. The molecule has 2 unspecified atom stereocenters. The van der Waals surface area contributed by atoms with Gasteiger partial charge >= 0.3 is 0 Å². The molecule has 3 aliphatic rings. The van der Waals surface area contributed by atoms with Crippen molar-refractivity contribution in [1.29, 1.82) is 0 Å². The zero-order valence-electron chi connectivity index (χ0n) is 10.6. The Kier molecular flexibility index (Phi) is 3.01. The van der Waals surface area contributed by atoms with Gasteiger partial charge in [0.25, 0.3) is 0 Å². The van der Waals surface area contributed by atoms with Gasteiger partial charge in [0.1, 0.15) is 0 Å². The zero-order valence-corrected chi connectivity index (χ0v) is 10.6. The van der Waals surface area contributed by atoms with Crippen LogP contribution in [0.1, 0.15) is 32.1 Å². The third kappa shape index (κ3) is 2.23. The lowest BCUT2D eigenvalue weighted by atomic mass is 9.91. The van der Waals surface area contributed by atoms with Crippen molar-refractivity contribution in [3.8, 4) is 0 Å². The van der Waals surface area contributed by atoms with Crippen LogP contribution in [0.5, 0.6) is 0 Å². The van der Waals surface area contributed by atoms with E-state index in [1.807, 2.05) is 0 Å². The van der Waals surface area contributed by atoms with Crippen LogP contribution in [0.25, 0.3) is 0 Å². The molecule has 100 valence electrons. The van der Waals surface area contributed by atoms with E-state index in [4.69, 9.17) is 0 Å². The van der Waals surface area contributed by atoms with E-state index in [2.05, 4.69) is 16.0 Å². The zero-order chi connectivity index (χ0) is 12.6. The van der Waals surface area contributed by atoms with E-state index in [1.165, 1.54) is 0 Å². The predicted octanol–water partition coefficient (Wildman–Crippen LogP) is -0.229. The lowest BCUT2D eigenvalue weighted by Gasteiger charge is -2.26. The van der Waals surface area contributed by atoms with Gasteiger partial charge in [-0.1, -0.05) is 0 Å². The summed E-state index contributed by atoms with van der Waals surface area (Å²) in [5.41, 5.74) is 0.299. The third-order valence-corrected chi connectivity index (χ3v) is 4.72. The minimum atomic E-state index is 0.0988. The molecule has 3 rings (SSSR count). The van der Waals surface area contributed by atoms with Crippen molar-refractivity contribution >= 4 is 11.8 Å². The highest BCUT2D eigenvalue weighted by Gasteiger charge is 2.57. The molecule has 3 fully saturated rings. The monoisotopic (exact) mass is 251 g/mol. The van der Waals surface area contributed by atoms with Crippen LogP contribution in [0.2, 0.25) is 0 Å². The number of amides is 2. The average Bonchev–Trinajstić information content (AvgIpc) is 3.07. The van der Waals surface area contributed by atoms with Crippen molar-refractivity contribution in [2.24, 2.45) is 11.3 Å². The van der Waals surface area contributed by atoms with Gasteiger partial charge in [-0.3, -0.25) is 9.59 Å². The topological polar surface area (TPSA) is 70.2 Å². The Morgan fingerprint density at radius 2 is 2.11 bits per heavy atom. The fourth-order valence-corrected chi connectivity index (χ4v) is 3.35. The second-order valence-electron chi connectivity index (χ2n) is 5.92. The van der Waals surface area contributed by atoms with E-state index in [1.54, 1.807) is 0 Å². The SMILES string of the molecule is O=C1CCC(NC(=O)C2CC23CCNCC3)CN1. The van der Waals surface area contributed by atoms with Gasteiger partial charge in [0.2, 0.25) is 11.8 Å². The Morgan fingerprint density at radius 3 is 2.78 bits per heavy atom. The molecule has 0 radical (unpaired) electrons. The Balaban J connectivity index is 1.49. The number of nitrogens with one attached hydrogen (secondary N) is 3. The fourth-order valence-electron chi connectivity index (χ4n) is 3.35. The fraction of sp³-hybridized carbons (Fsp3) is 0.846. The summed E-state index contributed by atoms with van der Waals surface area (Å²) in [6.07, 6.45) is 4.63. The van der Waals surface area contributed by atoms with Crippen LogP contribution in [0, 0.1) is 11.3 Å². The minimum Gasteiger partial charge on any atom is -0.354 e. The summed E-state index contributed by atoms with van der Waals surface area (Å²) < 4.78 is 0. The molecule has 1 saturated carbocycles. The molecule has 2 aliphatic heterocycles. The number of carbonyl (C=O) groups excluding carboxylic acids is 2. The molecule has 2 heterocycles. The van der Waals surface area contributed by atoms with Gasteiger partial charge in [-0.2, -0.15) is 0 Å². The lowest BCUT2D eigenvalue weighted by molar-refractivity contribution is -0.126. The molecule has 2 atom stereocenters. The van der Waals surface area contributed by atoms with Gasteiger partial charge in [0, 0.05) is 24.9 Å². The van der Waals surface area contributed by atoms with E-state index < -0.39 is 0 Å². The van der Waals surface area contributed by atoms with Crippen molar-refractivity contribution in [2.45, 2.75) is 38.1 Å². The van der Waals surface area contributed by atoms with Crippen LogP contribution in [0.15, 0.2) is 0 Å². The number of hydrogen-bond donors (Lipinski definition) is 3. The quantitative estimate of drug-likeness (QED) is 0.635. The van der Waals surface area contributed by atoms with Crippen molar-refractivity contribution in [3.05, 3.63) is 0 Å². The highest BCUT2D eigenvalue weighted by atomic mass is 16.2. The number of carbonyl (C=O) groups is 2. The second kappa shape index (κ2) is 4.53. The number of hydrogen-bond acceptors (Lipinski definition) is 3. The first kappa shape index (κ1) is 12.0. The summed E-state index contributed by atoms with van der Waals surface area (Å²) >= 11 is 0. The molecule has 18 heavy (non-hydrogen) atoms. The largest absolute Gasteiger partial charge is 0.354 e. The van der Waals surface area contributed by atoms with E-state index in [9.17, 15) is 9.59 Å². The van der Waals surface area contributed by atoms with E-state index >= 15 is 0 Å². The summed E-state index contributed by atoms with van der Waals surface area (Å²) in [6.45, 7) is 2.68. The molecular formula is C13H21N3O2. The maximum atomic E-state index is 12.2. The molecule has 2 saturated heterocycles. The highest BCUT2D eigenvalue weighted by Crippen LogP contribution is 2.58. The molecule has 0 aromatic carbocycles. The molecule has 0 aromatic heterocycles. The Hall–Kier alpha value is -1.10. The normalized spacial score (nSPS) is 33.9. The molecule has 5 heteroatoms. The average molecular weight is 251 g/mol. The molecule has 5 nitrogen and oxygen atoms in total. The Labute approximate surface area is 107 Å². The minimum absolute atomic E-state index is 0.0988. The maximum absolute atomic E-state index is 12.2. The van der Waals surface area contributed by atoms with Crippen LogP contribution in [-0.2, 0) is 9.59 Å². The summed E-state index contributed by atoms with van der Waals surface area (Å²) in [7, 11) is 0. The molecular weight excluding hydrogens is 230 g/mol. The summed E-state index contributed by atoms with van der Waals surface area (Å²) in [6, 6.07) is 0.134. The predicted molar refractivity (Wildman–Crippen MR) is 66.8 cm³/mol. The first-order valence-corrected chi connectivity index (χ1v) is 6.97. The van der Waals surface area contributed by atoms with Crippen LogP contribution in [0.3, 0.4) is 0 Å². The molecule has 0 aromatic rings. The first-order valence-electron chi connectivity index (χ1n) is 6.97. The van der Waals surface area contributed by atoms with Gasteiger partial charge in [0.05, 0.1) is 0 Å². The van der Waals surface area contributed by atoms with Crippen molar-refractivity contribution in [3.63, 3.8) is 0 Å². The van der Waals surface area contributed by atoms with Crippen LogP contribution >= 0.6 is 0 Å². The van der Waals surface area contributed by atoms with Crippen molar-refractivity contribution < 1.29 is 9.59 Å². The van der Waals surface area contributed by atoms with Crippen LogP contribution in [-0.4, -0.2) is 37.5 Å². The van der Waals surface area contributed by atoms with E-state index in [0.717, 1.165) is 38.8 Å². The number of piperidine rings is 2. The standard InChI is InChI=1S/C13H21N3O2/c17-11-2-1-9(8-15-11)16-12(18)10-7-13(10)3-5-14-6-4-13/h9-10,14H,1-8H2,(H,15,17)(H,16,18). The van der Waals surface area contributed by atoms with Gasteiger partial charge < -0.3 is 16.0 Å². The molecule has 2 amide bonds. The summed E-state index contributed by atoms with van der Waals surface area (Å²) in [5, 5.41) is 9.25. The molecule has 1 spiro atoms. The van der Waals surface area contributed by atoms with Crippen LogP contribution in [0.4, 0.5) is 0 Å². The maximum Gasteiger partial charge on any atom is 0.223 e. The highest BCUT2D eigenvalue weighted by molar-refractivity contribution is 5.83. The second-order valence-corrected chi connectivity index (χ2v) is 5.92. The molecule has 0 bridgehead atoms. The Morgan fingerprint density at radius 1 is 1.33 bits per heavy atom. The van der Waals surface area contributed by atoms with Crippen molar-refractivity contribution in [1.82, 2.24) is 16.0 Å². The van der Waals surface area contributed by atoms with Gasteiger partial charge in [-0.05, 0) is 44.2 Å². The van der Waals surface area contributed by atoms with Gasteiger partial charge in [0.15, 0.2) is 0 Å². The Bertz CT molecular complexity index is 353. The lowest BCUT2D eigenvalue weighted by Crippen LogP contribution is -2.48. The number of rotatable bonds is 2. The molecule has 3 N–H and O–H groups in total.